The Bertz CT molecular complexity index is 1700. The highest BCUT2D eigenvalue weighted by Gasteiger charge is 2.40. The molecule has 0 aliphatic heterocycles. The van der Waals surface area contributed by atoms with E-state index in [9.17, 15) is 37.1 Å². The number of alkyl halides is 3. The Morgan fingerprint density at radius 3 is 2.13 bits per heavy atom. The highest BCUT2D eigenvalue weighted by molar-refractivity contribution is 6.31. The summed E-state index contributed by atoms with van der Waals surface area (Å²) in [6.45, 7) is 6.60. The first-order valence-electron chi connectivity index (χ1n) is 14.7. The molecule has 2 N–H and O–H groups in total. The van der Waals surface area contributed by atoms with Crippen LogP contribution in [0.2, 0.25) is 5.02 Å². The van der Waals surface area contributed by atoms with Crippen LogP contribution in [0.5, 0.6) is 0 Å². The normalized spacial score (nSPS) is 13.3. The molecule has 1 heterocycles. The summed E-state index contributed by atoms with van der Waals surface area (Å²) in [4.78, 5) is 40.4. The van der Waals surface area contributed by atoms with E-state index in [0.717, 1.165) is 6.20 Å². The maximum absolute atomic E-state index is 15.6. The Morgan fingerprint density at radius 1 is 1.02 bits per heavy atom. The molecular weight excluding hydrogens is 652 g/mol. The van der Waals surface area contributed by atoms with Crippen molar-refractivity contribution in [3.8, 4) is 11.1 Å². The molecule has 14 heteroatoms. The molecule has 0 saturated carbocycles. The van der Waals surface area contributed by atoms with Crippen molar-refractivity contribution in [2.24, 2.45) is 5.92 Å². The molecule has 3 aromatic rings. The molecular formula is C33H36ClF6N3O4. The second kappa shape index (κ2) is 14.9. The number of hydrogen-bond acceptors (Lipinski definition) is 4. The highest BCUT2D eigenvalue weighted by atomic mass is 35.5. The third kappa shape index (κ3) is 8.95. The lowest BCUT2D eigenvalue weighted by molar-refractivity contribution is -0.141. The predicted octanol–water partition coefficient (Wildman–Crippen LogP) is 7.25. The molecule has 0 saturated heterocycles. The van der Waals surface area contributed by atoms with Gasteiger partial charge in [0.1, 0.15) is 23.2 Å². The van der Waals surface area contributed by atoms with E-state index in [4.69, 9.17) is 11.6 Å². The number of nitrogens with zero attached hydrogens (tertiary/aromatic N) is 2. The van der Waals surface area contributed by atoms with Gasteiger partial charge in [-0.1, -0.05) is 25.4 Å². The maximum atomic E-state index is 15.6. The quantitative estimate of drug-likeness (QED) is 0.196. The van der Waals surface area contributed by atoms with Crippen LogP contribution in [-0.2, 0) is 22.2 Å². The summed E-state index contributed by atoms with van der Waals surface area (Å²) in [7, 11) is 3.19. The average molecular weight is 688 g/mol. The van der Waals surface area contributed by atoms with Gasteiger partial charge in [-0.25, -0.2) is 13.2 Å². The Hall–Kier alpha value is -3.84. The number of hydrogen-bond donors (Lipinski definition) is 2. The number of nitrogens with one attached hydrogen (secondary N) is 1. The molecule has 0 aliphatic rings. The number of aryl methyl sites for hydroxylation is 2. The smallest absolute Gasteiger partial charge is 0.419 e. The predicted molar refractivity (Wildman–Crippen MR) is 166 cm³/mol. The Balaban J connectivity index is 2.19. The fourth-order valence-electron chi connectivity index (χ4n) is 5.57. The first-order chi connectivity index (χ1) is 21.7. The molecule has 0 fully saturated rings. The van der Waals surface area contributed by atoms with Crippen molar-refractivity contribution in [3.63, 3.8) is 0 Å². The van der Waals surface area contributed by atoms with Crippen molar-refractivity contribution in [3.05, 3.63) is 91.1 Å². The summed E-state index contributed by atoms with van der Waals surface area (Å²) in [6, 6.07) is 1.85. The molecule has 2 aromatic carbocycles. The lowest BCUT2D eigenvalue weighted by Crippen LogP contribution is -2.42. The molecule has 1 unspecified atom stereocenters. The number of carboxylic acid groups (broad SMARTS) is 1. The van der Waals surface area contributed by atoms with E-state index >= 15 is 8.78 Å². The van der Waals surface area contributed by atoms with Crippen LogP contribution < -0.4 is 10.9 Å². The van der Waals surface area contributed by atoms with Gasteiger partial charge in [-0.3, -0.25) is 14.4 Å². The number of likely N-dealkylation sites (N-methyl/N-ethyl adjacent to an activating group) is 1. The van der Waals surface area contributed by atoms with Crippen LogP contribution in [0.15, 0.2) is 35.3 Å². The SMILES string of the molecule is Cc1cc(F)cc(C)c1-c1cc(Cl)c(F)c([C@H](CC(=O)O)NC(=O)C(CC(C)C)n2cc(CCN(C)C)c(C(F)(F)F)c(F)c2=O)c1. The van der Waals surface area contributed by atoms with E-state index in [1.54, 1.807) is 46.7 Å². The first kappa shape index (κ1) is 37.6. The average Bonchev–Trinajstić information content (AvgIpc) is 2.92. The van der Waals surface area contributed by atoms with Crippen LogP contribution in [0.1, 0.15) is 66.6 Å². The van der Waals surface area contributed by atoms with Crippen molar-refractivity contribution in [1.29, 1.82) is 0 Å². The lowest BCUT2D eigenvalue weighted by atomic mass is 9.92. The topological polar surface area (TPSA) is 91.6 Å². The molecule has 7 nitrogen and oxygen atoms in total. The molecule has 0 aliphatic carbocycles. The minimum atomic E-state index is -5.20. The molecule has 1 aromatic heterocycles. The van der Waals surface area contributed by atoms with Crippen LogP contribution in [0, 0.1) is 37.2 Å². The van der Waals surface area contributed by atoms with Crippen LogP contribution in [0.25, 0.3) is 11.1 Å². The standard InChI is InChI=1S/C33H36ClF6N3O4/c1-16(2)9-25(43-15-19(7-8-42(5)6)28(33(38,39)40)30(37)32(43)47)31(46)41-24(14-26(44)45)22-12-20(13-23(34)29(22)36)27-17(3)10-21(35)11-18(27)4/h10-13,15-16,24-25H,7-9,14H2,1-6H3,(H,41,46)(H,44,45)/t24-,25?/m0/s1. The zero-order valence-corrected chi connectivity index (χ0v) is 27.4. The van der Waals surface area contributed by atoms with Crippen LogP contribution in [0.3, 0.4) is 0 Å². The summed E-state index contributed by atoms with van der Waals surface area (Å²) in [5, 5.41) is 11.7. The summed E-state index contributed by atoms with van der Waals surface area (Å²) in [6.07, 6.45) is -5.73. The van der Waals surface area contributed by atoms with Gasteiger partial charge in [-0.2, -0.15) is 13.2 Å². The third-order valence-electron chi connectivity index (χ3n) is 7.62. The largest absolute Gasteiger partial charge is 0.481 e. The second-order valence-corrected chi connectivity index (χ2v) is 12.6. The van der Waals surface area contributed by atoms with Gasteiger partial charge in [-0.05, 0) is 98.8 Å². The molecule has 2 atom stereocenters. The first-order valence-corrected chi connectivity index (χ1v) is 15.0. The van der Waals surface area contributed by atoms with Crippen LogP contribution in [0.4, 0.5) is 26.3 Å². The minimum Gasteiger partial charge on any atom is -0.481 e. The lowest BCUT2D eigenvalue weighted by Gasteiger charge is -2.27. The molecule has 47 heavy (non-hydrogen) atoms. The van der Waals surface area contributed by atoms with Crippen molar-refractivity contribution in [2.45, 2.75) is 65.2 Å². The Labute approximate surface area is 273 Å². The zero-order valence-electron chi connectivity index (χ0n) is 26.7. The summed E-state index contributed by atoms with van der Waals surface area (Å²) in [5.41, 5.74) is -2.58. The van der Waals surface area contributed by atoms with Gasteiger partial charge in [0, 0.05) is 18.3 Å². The third-order valence-corrected chi connectivity index (χ3v) is 7.89. The highest BCUT2D eigenvalue weighted by Crippen LogP contribution is 2.37. The number of halogens is 7. The van der Waals surface area contributed by atoms with Crippen LogP contribution >= 0.6 is 11.6 Å². The van der Waals surface area contributed by atoms with Gasteiger partial charge in [0.2, 0.25) is 11.7 Å². The van der Waals surface area contributed by atoms with Crippen LogP contribution in [-0.4, -0.2) is 47.1 Å². The van der Waals surface area contributed by atoms with E-state index in [0.29, 0.717) is 26.8 Å². The molecule has 256 valence electrons. The van der Waals surface area contributed by atoms with E-state index < -0.39 is 75.7 Å². The zero-order chi connectivity index (χ0) is 35.5. The fourth-order valence-corrected chi connectivity index (χ4v) is 5.80. The molecule has 0 bridgehead atoms. The molecule has 3 rings (SSSR count). The summed E-state index contributed by atoms with van der Waals surface area (Å²) in [5.74, 6) is -6.50. The van der Waals surface area contributed by atoms with E-state index in [1.165, 1.54) is 24.3 Å². The number of carboxylic acids is 1. The number of rotatable bonds is 12. The molecule has 1 amide bonds. The second-order valence-electron chi connectivity index (χ2n) is 12.2. The number of aromatic nitrogens is 1. The van der Waals surface area contributed by atoms with Crippen molar-refractivity contribution in [1.82, 2.24) is 14.8 Å². The van der Waals surface area contributed by atoms with E-state index in [2.05, 4.69) is 5.32 Å². The number of benzene rings is 2. The summed E-state index contributed by atoms with van der Waals surface area (Å²) >= 11 is 6.22. The van der Waals surface area contributed by atoms with Crippen molar-refractivity contribution < 1.29 is 41.0 Å². The van der Waals surface area contributed by atoms with Gasteiger partial charge in [0.15, 0.2) is 0 Å². The number of carbonyl (C=O) groups is 2. The van der Waals surface area contributed by atoms with Gasteiger partial charge in [-0.15, -0.1) is 0 Å². The van der Waals surface area contributed by atoms with Crippen molar-refractivity contribution in [2.75, 3.05) is 20.6 Å². The fraction of sp³-hybridized carbons (Fsp3) is 0.424. The van der Waals surface area contributed by atoms with Gasteiger partial charge in [0.05, 0.1) is 17.5 Å². The maximum Gasteiger partial charge on any atom is 0.419 e. The molecule has 0 radical (unpaired) electrons. The minimum absolute atomic E-state index is 0.0613. The van der Waals surface area contributed by atoms with E-state index in [-0.39, 0.29) is 30.9 Å². The van der Waals surface area contributed by atoms with Gasteiger partial charge < -0.3 is 19.9 Å². The summed E-state index contributed by atoms with van der Waals surface area (Å²) < 4.78 is 87.1. The van der Waals surface area contributed by atoms with E-state index in [1.807, 2.05) is 0 Å². The molecule has 0 spiro atoms. The van der Waals surface area contributed by atoms with Gasteiger partial charge >= 0.3 is 12.1 Å². The monoisotopic (exact) mass is 687 g/mol. The Morgan fingerprint density at radius 2 is 1.62 bits per heavy atom. The van der Waals surface area contributed by atoms with Gasteiger partial charge in [0.25, 0.3) is 5.56 Å². The Kier molecular flexibility index (Phi) is 12.0. The number of pyridine rings is 1. The number of amides is 1. The number of carbonyl (C=O) groups excluding carboxylic acids is 1. The van der Waals surface area contributed by atoms with Crippen molar-refractivity contribution >= 4 is 23.5 Å². The number of aliphatic carboxylic acids is 1.